The summed E-state index contributed by atoms with van der Waals surface area (Å²) in [6.45, 7) is 7.97. The number of aliphatic carboxylic acids is 1. The number of carbonyl (C=O) groups is 1. The van der Waals surface area contributed by atoms with Crippen molar-refractivity contribution in [2.24, 2.45) is 0 Å². The molecule has 98 valence electrons. The first-order valence-corrected chi connectivity index (χ1v) is 6.11. The van der Waals surface area contributed by atoms with Gasteiger partial charge in [-0.15, -0.1) is 0 Å². The monoisotopic (exact) mass is 242 g/mol. The highest BCUT2D eigenvalue weighted by Crippen LogP contribution is 1.97. The average molecular weight is 242 g/mol. The van der Waals surface area contributed by atoms with Gasteiger partial charge in [0.15, 0.2) is 0 Å². The molecule has 0 aromatic rings. The van der Waals surface area contributed by atoms with Crippen LogP contribution in [0.4, 0.5) is 0 Å². The highest BCUT2D eigenvalue weighted by Gasteiger charge is 2.08. The van der Waals surface area contributed by atoms with Crippen LogP contribution in [-0.4, -0.2) is 61.9 Å². The van der Waals surface area contributed by atoms with Crippen molar-refractivity contribution in [3.05, 3.63) is 11.6 Å². The van der Waals surface area contributed by atoms with Gasteiger partial charge in [0.25, 0.3) is 0 Å². The summed E-state index contributed by atoms with van der Waals surface area (Å²) in [4.78, 5) is 12.9. The quantitative estimate of drug-likeness (QED) is 0.497. The first kappa shape index (κ1) is 14.2. The van der Waals surface area contributed by atoms with Gasteiger partial charge in [0.05, 0.1) is 13.2 Å². The molecule has 0 atom stereocenters. The minimum atomic E-state index is -0.847. The van der Waals surface area contributed by atoms with Gasteiger partial charge < -0.3 is 15.2 Å². The molecule has 5 nitrogen and oxygen atoms in total. The van der Waals surface area contributed by atoms with Gasteiger partial charge in [-0.1, -0.05) is 6.08 Å². The number of hydrogen-bond donors (Lipinski definition) is 2. The van der Waals surface area contributed by atoms with Crippen molar-refractivity contribution in [2.75, 3.05) is 45.9 Å². The van der Waals surface area contributed by atoms with Crippen molar-refractivity contribution in [3.63, 3.8) is 0 Å². The van der Waals surface area contributed by atoms with Crippen molar-refractivity contribution in [3.8, 4) is 0 Å². The normalized spacial score (nSPS) is 18.3. The highest BCUT2D eigenvalue weighted by atomic mass is 16.5. The maximum atomic E-state index is 10.5. The Labute approximate surface area is 102 Å². The topological polar surface area (TPSA) is 61.8 Å². The lowest BCUT2D eigenvalue weighted by Gasteiger charge is -2.26. The summed E-state index contributed by atoms with van der Waals surface area (Å²) < 4.78 is 5.27. The summed E-state index contributed by atoms with van der Waals surface area (Å²) in [5.74, 6) is -0.847. The molecule has 0 aliphatic carbocycles. The lowest BCUT2D eigenvalue weighted by atomic mass is 10.3. The zero-order valence-corrected chi connectivity index (χ0v) is 10.4. The molecule has 0 aromatic carbocycles. The molecule has 17 heavy (non-hydrogen) atoms. The molecule has 5 heteroatoms. The molecule has 1 aliphatic heterocycles. The van der Waals surface area contributed by atoms with E-state index in [0.29, 0.717) is 12.1 Å². The van der Waals surface area contributed by atoms with E-state index in [0.717, 1.165) is 45.8 Å². The van der Waals surface area contributed by atoms with Crippen LogP contribution in [0.25, 0.3) is 0 Å². The third-order valence-electron chi connectivity index (χ3n) is 2.82. The fraction of sp³-hybridized carbons (Fsp3) is 0.750. The molecular weight excluding hydrogens is 220 g/mol. The van der Waals surface area contributed by atoms with Crippen molar-refractivity contribution in [1.82, 2.24) is 10.2 Å². The van der Waals surface area contributed by atoms with E-state index in [1.54, 1.807) is 13.0 Å². The molecule has 0 amide bonds. The van der Waals surface area contributed by atoms with E-state index < -0.39 is 5.97 Å². The molecule has 0 bridgehead atoms. The first-order valence-electron chi connectivity index (χ1n) is 6.11. The zero-order chi connectivity index (χ0) is 12.5. The Morgan fingerprint density at radius 2 is 2.18 bits per heavy atom. The van der Waals surface area contributed by atoms with E-state index in [1.807, 2.05) is 0 Å². The Morgan fingerprint density at radius 1 is 1.47 bits per heavy atom. The van der Waals surface area contributed by atoms with Gasteiger partial charge in [0.2, 0.25) is 0 Å². The fourth-order valence-electron chi connectivity index (χ4n) is 1.67. The minimum Gasteiger partial charge on any atom is -0.478 e. The molecule has 1 heterocycles. The van der Waals surface area contributed by atoms with Gasteiger partial charge in [0.1, 0.15) is 0 Å². The molecular formula is C12H22N2O3. The molecule has 1 fully saturated rings. The van der Waals surface area contributed by atoms with Gasteiger partial charge in [-0.05, 0) is 26.4 Å². The Balaban J connectivity index is 1.97. The van der Waals surface area contributed by atoms with E-state index in [2.05, 4.69) is 10.2 Å². The number of nitrogens with zero attached hydrogens (tertiary/aromatic N) is 1. The predicted molar refractivity (Wildman–Crippen MR) is 66.1 cm³/mol. The van der Waals surface area contributed by atoms with Gasteiger partial charge in [0, 0.05) is 25.2 Å². The van der Waals surface area contributed by atoms with E-state index in [-0.39, 0.29) is 0 Å². The van der Waals surface area contributed by atoms with Crippen molar-refractivity contribution in [1.29, 1.82) is 0 Å². The second kappa shape index (κ2) is 8.22. The van der Waals surface area contributed by atoms with Crippen LogP contribution >= 0.6 is 0 Å². The Bertz CT molecular complexity index is 260. The number of morpholine rings is 1. The van der Waals surface area contributed by atoms with Crippen LogP contribution < -0.4 is 5.32 Å². The summed E-state index contributed by atoms with van der Waals surface area (Å²) >= 11 is 0. The number of nitrogens with one attached hydrogen (secondary N) is 1. The van der Waals surface area contributed by atoms with Crippen LogP contribution in [0, 0.1) is 0 Å². The molecule has 0 aromatic heterocycles. The molecule has 2 N–H and O–H groups in total. The van der Waals surface area contributed by atoms with Crippen LogP contribution in [-0.2, 0) is 9.53 Å². The van der Waals surface area contributed by atoms with Gasteiger partial charge in [-0.2, -0.15) is 0 Å². The summed E-state index contributed by atoms with van der Waals surface area (Å²) in [5.41, 5.74) is 0.394. The maximum absolute atomic E-state index is 10.5. The summed E-state index contributed by atoms with van der Waals surface area (Å²) in [5, 5.41) is 11.9. The van der Waals surface area contributed by atoms with Gasteiger partial charge in [-0.3, -0.25) is 4.90 Å². The van der Waals surface area contributed by atoms with E-state index >= 15 is 0 Å². The molecule has 1 aliphatic rings. The zero-order valence-electron chi connectivity index (χ0n) is 10.4. The largest absolute Gasteiger partial charge is 0.478 e. The Hall–Kier alpha value is -0.910. The Morgan fingerprint density at radius 3 is 2.82 bits per heavy atom. The number of ether oxygens (including phenoxy) is 1. The highest BCUT2D eigenvalue weighted by molar-refractivity contribution is 5.85. The van der Waals surface area contributed by atoms with Crippen LogP contribution in [0.1, 0.15) is 13.3 Å². The Kier molecular flexibility index (Phi) is 6.84. The molecule has 1 rings (SSSR count). The second-order valence-corrected chi connectivity index (χ2v) is 4.20. The molecule has 0 spiro atoms. The van der Waals surface area contributed by atoms with Crippen LogP contribution in [0.2, 0.25) is 0 Å². The number of hydrogen-bond acceptors (Lipinski definition) is 4. The maximum Gasteiger partial charge on any atom is 0.330 e. The van der Waals surface area contributed by atoms with Crippen LogP contribution in [0.5, 0.6) is 0 Å². The van der Waals surface area contributed by atoms with Gasteiger partial charge in [-0.25, -0.2) is 4.79 Å². The van der Waals surface area contributed by atoms with E-state index in [4.69, 9.17) is 9.84 Å². The van der Waals surface area contributed by atoms with Crippen molar-refractivity contribution < 1.29 is 14.6 Å². The van der Waals surface area contributed by atoms with Gasteiger partial charge >= 0.3 is 5.97 Å². The second-order valence-electron chi connectivity index (χ2n) is 4.20. The molecule has 0 unspecified atom stereocenters. The molecule has 0 saturated carbocycles. The smallest absolute Gasteiger partial charge is 0.330 e. The molecule has 0 radical (unpaired) electrons. The number of carboxylic acids is 1. The number of rotatable bonds is 7. The van der Waals surface area contributed by atoms with Crippen molar-refractivity contribution >= 4 is 5.97 Å². The van der Waals surface area contributed by atoms with Crippen LogP contribution in [0.15, 0.2) is 11.6 Å². The lowest BCUT2D eigenvalue weighted by molar-refractivity contribution is -0.132. The van der Waals surface area contributed by atoms with Crippen LogP contribution in [0.3, 0.4) is 0 Å². The third-order valence-corrected chi connectivity index (χ3v) is 2.82. The first-order chi connectivity index (χ1) is 8.20. The van der Waals surface area contributed by atoms with Crippen molar-refractivity contribution in [2.45, 2.75) is 13.3 Å². The predicted octanol–water partition coefficient (Wildman–Crippen LogP) is 0.329. The lowest BCUT2D eigenvalue weighted by Crippen LogP contribution is -2.37. The molecule has 1 saturated heterocycles. The minimum absolute atomic E-state index is 0.394. The summed E-state index contributed by atoms with van der Waals surface area (Å²) in [6.07, 6.45) is 2.79. The third kappa shape index (κ3) is 6.41. The standard InChI is InChI=1S/C12H22N2O3/c1-11(12(15)16)3-5-13-4-2-6-14-7-9-17-10-8-14/h3,13H,2,4-10H2,1H3,(H,15,16). The summed E-state index contributed by atoms with van der Waals surface area (Å²) in [7, 11) is 0. The van der Waals surface area contributed by atoms with E-state index in [9.17, 15) is 4.79 Å². The summed E-state index contributed by atoms with van der Waals surface area (Å²) in [6, 6.07) is 0. The SMILES string of the molecule is CC(=CCNCCCN1CCOCC1)C(=O)O. The fourth-order valence-corrected chi connectivity index (χ4v) is 1.67. The average Bonchev–Trinajstić information content (AvgIpc) is 2.34. The number of carboxylic acid groups (broad SMARTS) is 1. The van der Waals surface area contributed by atoms with E-state index in [1.165, 1.54) is 0 Å².